The Morgan fingerprint density at radius 2 is 1.96 bits per heavy atom. The first kappa shape index (κ1) is 17.7. The number of rotatable bonds is 5. The van der Waals surface area contributed by atoms with Crippen LogP contribution in [0.25, 0.3) is 11.0 Å². The molecule has 26 heavy (non-hydrogen) atoms. The molecule has 1 N–H and O–H groups in total. The number of imidazole rings is 1. The van der Waals surface area contributed by atoms with E-state index in [4.69, 9.17) is 4.74 Å². The Bertz CT molecular complexity index is 976. The third-order valence-electron chi connectivity index (χ3n) is 4.21. The Labute approximate surface area is 151 Å². The van der Waals surface area contributed by atoms with E-state index in [1.165, 1.54) is 7.11 Å². The maximum atomic E-state index is 12.6. The number of hydrogen-bond acceptors (Lipinski definition) is 4. The average Bonchev–Trinajstić information content (AvgIpc) is 3.00. The molecule has 0 spiro atoms. The molecule has 1 amide bonds. The molecule has 0 aliphatic carbocycles. The highest BCUT2D eigenvalue weighted by molar-refractivity contribution is 6.01. The summed E-state index contributed by atoms with van der Waals surface area (Å²) in [4.78, 5) is 29.2. The molecule has 0 aliphatic rings. The van der Waals surface area contributed by atoms with Crippen molar-refractivity contribution in [1.82, 2.24) is 9.55 Å². The first-order chi connectivity index (χ1) is 12.5. The number of amides is 1. The lowest BCUT2D eigenvalue weighted by molar-refractivity contribution is -0.116. The van der Waals surface area contributed by atoms with Gasteiger partial charge in [0.1, 0.15) is 12.4 Å². The number of carbonyl (C=O) groups is 2. The second kappa shape index (κ2) is 7.39. The predicted octanol–water partition coefficient (Wildman–Crippen LogP) is 3.33. The molecule has 0 unspecified atom stereocenters. The van der Waals surface area contributed by atoms with Gasteiger partial charge in [-0.15, -0.1) is 0 Å². The normalized spacial score (nSPS) is 10.7. The molecule has 3 rings (SSSR count). The maximum Gasteiger partial charge on any atom is 0.339 e. The number of hydrogen-bond donors (Lipinski definition) is 1. The molecule has 0 aliphatic heterocycles. The van der Waals surface area contributed by atoms with Crippen molar-refractivity contribution in [1.29, 1.82) is 0 Å². The molecule has 0 radical (unpaired) electrons. The van der Waals surface area contributed by atoms with Crippen molar-refractivity contribution in [3.63, 3.8) is 0 Å². The Kier molecular flexibility index (Phi) is 5.02. The van der Waals surface area contributed by atoms with Gasteiger partial charge in [0.2, 0.25) is 5.91 Å². The number of nitrogens with zero attached hydrogens (tertiary/aromatic N) is 2. The second-order valence-electron chi connectivity index (χ2n) is 6.05. The Balaban J connectivity index is 1.88. The summed E-state index contributed by atoms with van der Waals surface area (Å²) < 4.78 is 6.71. The third kappa shape index (κ3) is 3.44. The summed E-state index contributed by atoms with van der Waals surface area (Å²) in [7, 11) is 1.32. The molecule has 6 nitrogen and oxygen atoms in total. The summed E-state index contributed by atoms with van der Waals surface area (Å²) in [6.45, 7) is 4.01. The van der Waals surface area contributed by atoms with Gasteiger partial charge in [0.05, 0.1) is 29.4 Å². The van der Waals surface area contributed by atoms with Crippen LogP contribution in [0.4, 0.5) is 5.69 Å². The zero-order valence-electron chi connectivity index (χ0n) is 15.1. The summed E-state index contributed by atoms with van der Waals surface area (Å²) >= 11 is 0. The number of nitrogens with one attached hydrogen (secondary N) is 1. The molecule has 0 bridgehead atoms. The number of fused-ring (bicyclic) bond motifs is 1. The van der Waals surface area contributed by atoms with Crippen LogP contribution in [0, 0.1) is 6.92 Å². The van der Waals surface area contributed by atoms with Crippen LogP contribution in [0.5, 0.6) is 0 Å². The molecule has 0 saturated heterocycles. The lowest BCUT2D eigenvalue weighted by Crippen LogP contribution is -2.21. The van der Waals surface area contributed by atoms with Gasteiger partial charge in [0.25, 0.3) is 0 Å². The van der Waals surface area contributed by atoms with E-state index in [1.54, 1.807) is 12.1 Å². The number of ether oxygens (including phenoxy) is 1. The number of para-hydroxylation sites is 2. The lowest BCUT2D eigenvalue weighted by Gasteiger charge is -2.12. The van der Waals surface area contributed by atoms with E-state index >= 15 is 0 Å². The van der Waals surface area contributed by atoms with Crippen molar-refractivity contribution in [3.05, 3.63) is 59.4 Å². The minimum absolute atomic E-state index is 0.123. The van der Waals surface area contributed by atoms with Crippen LogP contribution >= 0.6 is 0 Å². The van der Waals surface area contributed by atoms with Crippen molar-refractivity contribution >= 4 is 28.6 Å². The largest absolute Gasteiger partial charge is 0.465 e. The average molecular weight is 351 g/mol. The first-order valence-electron chi connectivity index (χ1n) is 8.46. The molecule has 3 aromatic rings. The number of aryl methyl sites for hydroxylation is 2. The maximum absolute atomic E-state index is 12.6. The highest BCUT2D eigenvalue weighted by Gasteiger charge is 2.16. The molecule has 1 heterocycles. The van der Waals surface area contributed by atoms with Gasteiger partial charge >= 0.3 is 5.97 Å². The van der Waals surface area contributed by atoms with Crippen molar-refractivity contribution in [2.24, 2.45) is 0 Å². The minimum Gasteiger partial charge on any atom is -0.465 e. The highest BCUT2D eigenvalue weighted by atomic mass is 16.5. The van der Waals surface area contributed by atoms with Crippen molar-refractivity contribution < 1.29 is 14.3 Å². The number of methoxy groups -OCH3 is 1. The number of aromatic nitrogens is 2. The SMILES string of the molecule is CCc1nc2ccccc2n1CC(=O)Nc1ccc(C)cc1C(=O)OC. The van der Waals surface area contributed by atoms with E-state index in [1.807, 2.05) is 48.7 Å². The van der Waals surface area contributed by atoms with E-state index in [0.29, 0.717) is 11.3 Å². The highest BCUT2D eigenvalue weighted by Crippen LogP contribution is 2.20. The zero-order valence-corrected chi connectivity index (χ0v) is 15.1. The van der Waals surface area contributed by atoms with Gasteiger partial charge in [-0.3, -0.25) is 4.79 Å². The predicted molar refractivity (Wildman–Crippen MR) is 100 cm³/mol. The van der Waals surface area contributed by atoms with Gasteiger partial charge in [-0.1, -0.05) is 30.7 Å². The number of esters is 1. The Morgan fingerprint density at radius 1 is 1.19 bits per heavy atom. The van der Waals surface area contributed by atoms with Gasteiger partial charge in [-0.25, -0.2) is 9.78 Å². The van der Waals surface area contributed by atoms with Crippen molar-refractivity contribution in [2.45, 2.75) is 26.8 Å². The summed E-state index contributed by atoms with van der Waals surface area (Å²) in [5, 5.41) is 2.82. The van der Waals surface area contributed by atoms with Crippen LogP contribution in [-0.4, -0.2) is 28.5 Å². The third-order valence-corrected chi connectivity index (χ3v) is 4.21. The quantitative estimate of drug-likeness (QED) is 0.716. The first-order valence-corrected chi connectivity index (χ1v) is 8.46. The van der Waals surface area contributed by atoms with Crippen LogP contribution in [-0.2, 0) is 22.5 Å². The van der Waals surface area contributed by atoms with Crippen molar-refractivity contribution in [2.75, 3.05) is 12.4 Å². The van der Waals surface area contributed by atoms with E-state index in [2.05, 4.69) is 10.3 Å². The van der Waals surface area contributed by atoms with Crippen LogP contribution in [0.2, 0.25) is 0 Å². The molecule has 1 aromatic heterocycles. The molecule has 0 atom stereocenters. The monoisotopic (exact) mass is 351 g/mol. The smallest absolute Gasteiger partial charge is 0.339 e. The van der Waals surface area contributed by atoms with E-state index in [9.17, 15) is 9.59 Å². The molecule has 6 heteroatoms. The Morgan fingerprint density at radius 3 is 2.69 bits per heavy atom. The van der Waals surface area contributed by atoms with Crippen LogP contribution in [0.3, 0.4) is 0 Å². The number of anilines is 1. The van der Waals surface area contributed by atoms with Crippen LogP contribution in [0.15, 0.2) is 42.5 Å². The molecule has 2 aromatic carbocycles. The van der Waals surface area contributed by atoms with Crippen LogP contribution in [0.1, 0.15) is 28.7 Å². The fourth-order valence-electron chi connectivity index (χ4n) is 2.95. The molecule has 0 saturated carbocycles. The minimum atomic E-state index is -0.480. The van der Waals surface area contributed by atoms with Gasteiger partial charge in [-0.2, -0.15) is 0 Å². The van der Waals surface area contributed by atoms with Gasteiger partial charge in [-0.05, 0) is 31.2 Å². The van der Waals surface area contributed by atoms with Crippen molar-refractivity contribution in [3.8, 4) is 0 Å². The molecular weight excluding hydrogens is 330 g/mol. The van der Waals surface area contributed by atoms with Gasteiger partial charge < -0.3 is 14.6 Å². The zero-order chi connectivity index (χ0) is 18.7. The standard InChI is InChI=1S/C20H21N3O3/c1-4-18-21-16-7-5-6-8-17(16)23(18)12-19(24)22-15-10-9-13(2)11-14(15)20(25)26-3/h5-11H,4,12H2,1-3H3,(H,22,24). The topological polar surface area (TPSA) is 73.2 Å². The fourth-order valence-corrected chi connectivity index (χ4v) is 2.95. The van der Waals surface area contributed by atoms with E-state index in [-0.39, 0.29) is 12.5 Å². The fraction of sp³-hybridized carbons (Fsp3) is 0.250. The van der Waals surface area contributed by atoms with E-state index < -0.39 is 5.97 Å². The van der Waals surface area contributed by atoms with Gasteiger partial charge in [0.15, 0.2) is 0 Å². The van der Waals surface area contributed by atoms with Gasteiger partial charge in [0, 0.05) is 6.42 Å². The number of carbonyl (C=O) groups excluding carboxylic acids is 2. The molecular formula is C20H21N3O3. The lowest BCUT2D eigenvalue weighted by atomic mass is 10.1. The summed E-state index contributed by atoms with van der Waals surface area (Å²) in [6.07, 6.45) is 0.722. The molecule has 134 valence electrons. The molecule has 0 fully saturated rings. The number of benzene rings is 2. The van der Waals surface area contributed by atoms with Crippen LogP contribution < -0.4 is 5.32 Å². The summed E-state index contributed by atoms with van der Waals surface area (Å²) in [5.74, 6) is 0.140. The van der Waals surface area contributed by atoms with E-state index in [0.717, 1.165) is 28.8 Å². The Hall–Kier alpha value is -3.15. The second-order valence-corrected chi connectivity index (χ2v) is 6.05. The summed E-state index contributed by atoms with van der Waals surface area (Å²) in [6, 6.07) is 13.0. The summed E-state index contributed by atoms with van der Waals surface area (Å²) in [5.41, 5.74) is 3.47.